The standard InChI is InChI=1S/C19H20FN5O2/c1-12-16-10-15(11-21-18(16)24-23-12)22-19(26)17(25-5-7-27-8-6-25)13-3-2-4-14(20)9-13/h2-4,9-11,17H,5-8H2,1H3,(H,22,26)(H,21,23,24). The van der Waals surface area contributed by atoms with Gasteiger partial charge in [0.25, 0.3) is 0 Å². The summed E-state index contributed by atoms with van der Waals surface area (Å²) in [6, 6.07) is 7.39. The number of benzene rings is 1. The highest BCUT2D eigenvalue weighted by Crippen LogP contribution is 2.25. The maximum Gasteiger partial charge on any atom is 0.246 e. The normalized spacial score (nSPS) is 16.4. The van der Waals surface area contributed by atoms with E-state index in [9.17, 15) is 9.18 Å². The van der Waals surface area contributed by atoms with Crippen molar-refractivity contribution in [3.63, 3.8) is 0 Å². The summed E-state index contributed by atoms with van der Waals surface area (Å²) in [7, 11) is 0. The number of aromatic nitrogens is 3. The molecule has 1 aliphatic rings. The molecule has 3 heterocycles. The number of nitrogens with zero attached hydrogens (tertiary/aromatic N) is 3. The van der Waals surface area contributed by atoms with Crippen molar-refractivity contribution in [1.29, 1.82) is 0 Å². The number of hydrogen-bond donors (Lipinski definition) is 2. The average Bonchev–Trinajstić information content (AvgIpc) is 3.03. The second-order valence-electron chi connectivity index (χ2n) is 6.54. The molecule has 0 aliphatic carbocycles. The molecule has 4 rings (SSSR count). The van der Waals surface area contributed by atoms with Crippen LogP contribution in [0, 0.1) is 12.7 Å². The number of rotatable bonds is 4. The maximum atomic E-state index is 13.8. The Morgan fingerprint density at radius 3 is 2.93 bits per heavy atom. The molecule has 1 amide bonds. The highest BCUT2D eigenvalue weighted by atomic mass is 19.1. The molecule has 2 aromatic heterocycles. The fourth-order valence-electron chi connectivity index (χ4n) is 3.34. The van der Waals surface area contributed by atoms with E-state index < -0.39 is 6.04 Å². The molecule has 0 radical (unpaired) electrons. The van der Waals surface area contributed by atoms with Gasteiger partial charge >= 0.3 is 0 Å². The minimum Gasteiger partial charge on any atom is -0.379 e. The van der Waals surface area contributed by atoms with Gasteiger partial charge in [-0.2, -0.15) is 5.10 Å². The second-order valence-corrected chi connectivity index (χ2v) is 6.54. The predicted molar refractivity (Wildman–Crippen MR) is 98.8 cm³/mol. The molecule has 1 aliphatic heterocycles. The highest BCUT2D eigenvalue weighted by molar-refractivity contribution is 5.97. The molecule has 140 valence electrons. The van der Waals surface area contributed by atoms with E-state index >= 15 is 0 Å². The van der Waals surface area contributed by atoms with E-state index in [1.54, 1.807) is 18.3 Å². The monoisotopic (exact) mass is 369 g/mol. The van der Waals surface area contributed by atoms with Crippen molar-refractivity contribution in [1.82, 2.24) is 20.1 Å². The van der Waals surface area contributed by atoms with Gasteiger partial charge in [-0.3, -0.25) is 14.8 Å². The van der Waals surface area contributed by atoms with Crippen molar-refractivity contribution in [3.8, 4) is 0 Å². The lowest BCUT2D eigenvalue weighted by Crippen LogP contribution is -2.43. The third-order valence-corrected chi connectivity index (χ3v) is 4.69. The number of fused-ring (bicyclic) bond motifs is 1. The Labute approximate surface area is 155 Å². The lowest BCUT2D eigenvalue weighted by molar-refractivity contribution is -0.123. The van der Waals surface area contributed by atoms with Crippen LogP contribution < -0.4 is 5.32 Å². The van der Waals surface area contributed by atoms with Crippen LogP contribution in [0.5, 0.6) is 0 Å². The van der Waals surface area contributed by atoms with E-state index in [4.69, 9.17) is 4.74 Å². The summed E-state index contributed by atoms with van der Waals surface area (Å²) in [6.45, 7) is 4.19. The molecule has 7 nitrogen and oxygen atoms in total. The molecule has 1 atom stereocenters. The second kappa shape index (κ2) is 7.42. The average molecular weight is 369 g/mol. The van der Waals surface area contributed by atoms with Crippen LogP contribution in [0.4, 0.5) is 10.1 Å². The summed E-state index contributed by atoms with van der Waals surface area (Å²) in [6.07, 6.45) is 1.57. The van der Waals surface area contributed by atoms with Crippen LogP contribution in [0.15, 0.2) is 36.5 Å². The van der Waals surface area contributed by atoms with Gasteiger partial charge in [0.15, 0.2) is 5.65 Å². The van der Waals surface area contributed by atoms with Gasteiger partial charge in [0, 0.05) is 24.2 Å². The predicted octanol–water partition coefficient (Wildman–Crippen LogP) is 2.42. The summed E-state index contributed by atoms with van der Waals surface area (Å²) in [5.74, 6) is -0.597. The minimum absolute atomic E-state index is 0.232. The molecule has 0 bridgehead atoms. The Kier molecular flexibility index (Phi) is 4.83. The molecule has 0 saturated carbocycles. The molecule has 0 spiro atoms. The Bertz CT molecular complexity index is 968. The van der Waals surface area contributed by atoms with E-state index in [0.717, 1.165) is 11.1 Å². The topological polar surface area (TPSA) is 83.1 Å². The van der Waals surface area contributed by atoms with Crippen LogP contribution in [0.25, 0.3) is 11.0 Å². The molecule has 8 heteroatoms. The van der Waals surface area contributed by atoms with Crippen molar-refractivity contribution in [3.05, 3.63) is 53.6 Å². The third-order valence-electron chi connectivity index (χ3n) is 4.69. The Morgan fingerprint density at radius 2 is 2.15 bits per heavy atom. The molecular formula is C19H20FN5O2. The largest absolute Gasteiger partial charge is 0.379 e. The fourth-order valence-corrected chi connectivity index (χ4v) is 3.34. The number of anilines is 1. The number of aromatic amines is 1. The lowest BCUT2D eigenvalue weighted by Gasteiger charge is -2.33. The quantitative estimate of drug-likeness (QED) is 0.738. The van der Waals surface area contributed by atoms with Crippen LogP contribution in [-0.2, 0) is 9.53 Å². The summed E-state index contributed by atoms with van der Waals surface area (Å²) >= 11 is 0. The van der Waals surface area contributed by atoms with Crippen LogP contribution in [-0.4, -0.2) is 52.3 Å². The first-order valence-electron chi connectivity index (χ1n) is 8.80. The summed E-state index contributed by atoms with van der Waals surface area (Å²) < 4.78 is 19.2. The van der Waals surface area contributed by atoms with Crippen LogP contribution >= 0.6 is 0 Å². The Hall–Kier alpha value is -2.84. The van der Waals surface area contributed by atoms with Gasteiger partial charge in [-0.15, -0.1) is 0 Å². The summed E-state index contributed by atoms with van der Waals surface area (Å²) in [4.78, 5) is 19.4. The SMILES string of the molecule is Cc1[nH]nc2ncc(NC(=O)C(c3cccc(F)c3)N3CCOCC3)cc12. The number of ether oxygens (including phenoxy) is 1. The number of morpholine rings is 1. The first-order chi connectivity index (χ1) is 13.1. The smallest absolute Gasteiger partial charge is 0.246 e. The Morgan fingerprint density at radius 1 is 1.33 bits per heavy atom. The fraction of sp³-hybridized carbons (Fsp3) is 0.316. The minimum atomic E-state index is -0.606. The lowest BCUT2D eigenvalue weighted by atomic mass is 10.0. The van der Waals surface area contributed by atoms with Gasteiger partial charge in [-0.25, -0.2) is 9.37 Å². The number of amides is 1. The van der Waals surface area contributed by atoms with E-state index in [0.29, 0.717) is 43.2 Å². The Balaban J connectivity index is 1.63. The molecule has 27 heavy (non-hydrogen) atoms. The van der Waals surface area contributed by atoms with E-state index in [1.807, 2.05) is 17.9 Å². The van der Waals surface area contributed by atoms with Gasteiger partial charge < -0.3 is 10.1 Å². The number of aryl methyl sites for hydroxylation is 1. The highest BCUT2D eigenvalue weighted by Gasteiger charge is 2.29. The zero-order chi connectivity index (χ0) is 18.8. The van der Waals surface area contributed by atoms with E-state index in [1.165, 1.54) is 12.1 Å². The van der Waals surface area contributed by atoms with Gasteiger partial charge in [-0.05, 0) is 30.7 Å². The van der Waals surface area contributed by atoms with Crippen LogP contribution in [0.1, 0.15) is 17.3 Å². The number of carbonyl (C=O) groups excluding carboxylic acids is 1. The molecule has 1 saturated heterocycles. The van der Waals surface area contributed by atoms with Crippen LogP contribution in [0.3, 0.4) is 0 Å². The zero-order valence-corrected chi connectivity index (χ0v) is 14.9. The first-order valence-corrected chi connectivity index (χ1v) is 8.80. The number of halogens is 1. The van der Waals surface area contributed by atoms with Gasteiger partial charge in [0.05, 0.1) is 25.1 Å². The number of hydrogen-bond acceptors (Lipinski definition) is 5. The molecule has 1 fully saturated rings. The van der Waals surface area contributed by atoms with Crippen molar-refractivity contribution in [2.45, 2.75) is 13.0 Å². The maximum absolute atomic E-state index is 13.8. The summed E-state index contributed by atoms with van der Waals surface area (Å²) in [5, 5.41) is 10.7. The number of nitrogens with one attached hydrogen (secondary N) is 2. The van der Waals surface area contributed by atoms with Gasteiger partial charge in [0.2, 0.25) is 5.91 Å². The zero-order valence-electron chi connectivity index (χ0n) is 14.9. The number of H-pyrrole nitrogens is 1. The molecule has 1 unspecified atom stereocenters. The first kappa shape index (κ1) is 17.6. The van der Waals surface area contributed by atoms with Gasteiger partial charge in [-0.1, -0.05) is 12.1 Å². The molecule has 3 aromatic rings. The van der Waals surface area contributed by atoms with Crippen molar-refractivity contribution >= 4 is 22.6 Å². The summed E-state index contributed by atoms with van der Waals surface area (Å²) in [5.41, 5.74) is 2.67. The van der Waals surface area contributed by atoms with E-state index in [2.05, 4.69) is 20.5 Å². The molecule has 2 N–H and O–H groups in total. The van der Waals surface area contributed by atoms with E-state index in [-0.39, 0.29) is 11.7 Å². The van der Waals surface area contributed by atoms with Crippen molar-refractivity contribution < 1.29 is 13.9 Å². The molecular weight excluding hydrogens is 349 g/mol. The third kappa shape index (κ3) is 3.67. The van der Waals surface area contributed by atoms with Crippen molar-refractivity contribution in [2.75, 3.05) is 31.6 Å². The molecule has 1 aromatic carbocycles. The van der Waals surface area contributed by atoms with Crippen molar-refractivity contribution in [2.24, 2.45) is 0 Å². The number of pyridine rings is 1. The number of carbonyl (C=O) groups is 1. The van der Waals surface area contributed by atoms with Gasteiger partial charge in [0.1, 0.15) is 11.9 Å². The van der Waals surface area contributed by atoms with Crippen LogP contribution in [0.2, 0.25) is 0 Å².